The first-order valence-corrected chi connectivity index (χ1v) is 17.0. The van der Waals surface area contributed by atoms with Crippen molar-refractivity contribution in [2.24, 2.45) is 7.05 Å². The van der Waals surface area contributed by atoms with Crippen molar-refractivity contribution in [1.82, 2.24) is 19.7 Å². The minimum atomic E-state index is -0.853. The van der Waals surface area contributed by atoms with Crippen LogP contribution >= 0.6 is 22.9 Å². The van der Waals surface area contributed by atoms with Crippen LogP contribution in [0.4, 0.5) is 0 Å². The predicted octanol–water partition coefficient (Wildman–Crippen LogP) is 7.46. The molecule has 4 heterocycles. The second-order valence-corrected chi connectivity index (χ2v) is 14.8. The van der Waals surface area contributed by atoms with Gasteiger partial charge in [-0.2, -0.15) is 5.10 Å². The maximum atomic E-state index is 11.8. The third kappa shape index (κ3) is 6.99. The van der Waals surface area contributed by atoms with Crippen molar-refractivity contribution >= 4 is 50.0 Å². The number of ether oxygens (including phenoxy) is 1. The van der Waals surface area contributed by atoms with Crippen LogP contribution in [0, 0.1) is 6.92 Å². The van der Waals surface area contributed by atoms with Gasteiger partial charge in [0.2, 0.25) is 0 Å². The SMILES string of the molecule is CC(C)(C)O.Cc1cc2nc(-c3ccc4c(c3)c(C3CCN(C5COC5)CC3)nn4C)sc2c(-c2ccc(Cl)cc2)c1CC(=O)O. The molecule has 2 N–H and O–H groups in total. The summed E-state index contributed by atoms with van der Waals surface area (Å²) in [4.78, 5) is 19.5. The summed E-state index contributed by atoms with van der Waals surface area (Å²) < 4.78 is 8.40. The van der Waals surface area contributed by atoms with Gasteiger partial charge in [-0.05, 0) is 107 Å². The molecule has 2 fully saturated rings. The molecule has 242 valence electrons. The molecule has 2 aliphatic heterocycles. The van der Waals surface area contributed by atoms with E-state index in [4.69, 9.17) is 31.5 Å². The van der Waals surface area contributed by atoms with E-state index in [9.17, 15) is 9.90 Å². The summed E-state index contributed by atoms with van der Waals surface area (Å²) in [7, 11) is 2.02. The van der Waals surface area contributed by atoms with Crippen LogP contribution in [-0.2, 0) is 23.0 Å². The number of piperidine rings is 1. The standard InChI is InChI=1S/C32H31ClN4O3S.C4H10O/c1-18-13-26-31(29(24(18)15-28(38)39)19-3-6-22(33)7-4-19)41-32(34-26)21-5-8-27-25(14-21)30(35-36(27)2)20-9-11-37(12-10-20)23-16-40-17-23;1-4(2,3)5/h3-8,13-14,20,23H,9-12,15-17H2,1-2H3,(H,38,39);5H,1-3H3. The maximum Gasteiger partial charge on any atom is 0.307 e. The van der Waals surface area contributed by atoms with Gasteiger partial charge in [-0.15, -0.1) is 11.3 Å². The topological polar surface area (TPSA) is 101 Å². The number of rotatable bonds is 6. The minimum Gasteiger partial charge on any atom is -0.481 e. The van der Waals surface area contributed by atoms with Gasteiger partial charge >= 0.3 is 5.97 Å². The zero-order valence-electron chi connectivity index (χ0n) is 27.0. The molecule has 0 atom stereocenters. The van der Waals surface area contributed by atoms with Crippen molar-refractivity contribution in [2.45, 2.75) is 64.5 Å². The molecule has 3 aromatic carbocycles. The van der Waals surface area contributed by atoms with E-state index in [1.807, 2.05) is 49.0 Å². The molecule has 0 unspecified atom stereocenters. The second-order valence-electron chi connectivity index (χ2n) is 13.4. The molecule has 0 saturated carbocycles. The van der Waals surface area contributed by atoms with Crippen molar-refractivity contribution in [1.29, 1.82) is 0 Å². The second kappa shape index (κ2) is 13.0. The van der Waals surface area contributed by atoms with Crippen LogP contribution in [0.1, 0.15) is 56.4 Å². The first-order chi connectivity index (χ1) is 21.9. The number of carboxylic acid groups (broad SMARTS) is 1. The van der Waals surface area contributed by atoms with E-state index in [2.05, 4.69) is 23.1 Å². The molecule has 0 aliphatic carbocycles. The van der Waals surface area contributed by atoms with Crippen molar-refractivity contribution in [3.05, 3.63) is 70.4 Å². The number of aliphatic hydroxyl groups is 1. The number of aliphatic carboxylic acids is 1. The molecule has 8 nitrogen and oxygen atoms in total. The highest BCUT2D eigenvalue weighted by molar-refractivity contribution is 7.22. The molecule has 2 saturated heterocycles. The quantitative estimate of drug-likeness (QED) is 0.195. The molecule has 2 aromatic heterocycles. The lowest BCUT2D eigenvalue weighted by Gasteiger charge is -2.41. The fourth-order valence-corrected chi connectivity index (χ4v) is 7.62. The Balaban J connectivity index is 0.000000692. The zero-order valence-corrected chi connectivity index (χ0v) is 28.6. The Kier molecular flexibility index (Phi) is 9.24. The van der Waals surface area contributed by atoms with E-state index >= 15 is 0 Å². The van der Waals surface area contributed by atoms with Gasteiger partial charge in [-0.3, -0.25) is 14.4 Å². The van der Waals surface area contributed by atoms with E-state index in [0.29, 0.717) is 17.0 Å². The van der Waals surface area contributed by atoms with Gasteiger partial charge in [0.05, 0.1) is 52.7 Å². The van der Waals surface area contributed by atoms with Gasteiger partial charge in [0.1, 0.15) is 5.01 Å². The molecule has 0 bridgehead atoms. The molecule has 7 rings (SSSR count). The summed E-state index contributed by atoms with van der Waals surface area (Å²) >= 11 is 7.80. The molecular formula is C36H41ClN4O4S. The number of fused-ring (bicyclic) bond motifs is 2. The van der Waals surface area contributed by atoms with Gasteiger partial charge < -0.3 is 14.9 Å². The number of nitrogens with zero attached hydrogens (tertiary/aromatic N) is 4. The summed E-state index contributed by atoms with van der Waals surface area (Å²) in [6.45, 7) is 11.1. The summed E-state index contributed by atoms with van der Waals surface area (Å²) in [6, 6.07) is 16.7. The summed E-state index contributed by atoms with van der Waals surface area (Å²) in [5.74, 6) is -0.423. The van der Waals surface area contributed by atoms with Crippen molar-refractivity contribution < 1.29 is 19.7 Å². The Hall–Kier alpha value is -3.34. The molecule has 5 aromatic rings. The highest BCUT2D eigenvalue weighted by Crippen LogP contribution is 2.42. The van der Waals surface area contributed by atoms with E-state index < -0.39 is 11.6 Å². The Morgan fingerprint density at radius 1 is 1.07 bits per heavy atom. The lowest BCUT2D eigenvalue weighted by molar-refractivity contribution is -0.136. The number of carbonyl (C=O) groups is 1. The smallest absolute Gasteiger partial charge is 0.307 e. The number of thiazole rings is 1. The average Bonchev–Trinajstić information content (AvgIpc) is 3.53. The molecule has 2 aliphatic rings. The first kappa shape index (κ1) is 32.6. The van der Waals surface area contributed by atoms with Gasteiger partial charge in [0.25, 0.3) is 0 Å². The third-order valence-corrected chi connectivity index (χ3v) is 10.0. The van der Waals surface area contributed by atoms with Gasteiger partial charge in [0, 0.05) is 34.5 Å². The van der Waals surface area contributed by atoms with Gasteiger partial charge in [0.15, 0.2) is 0 Å². The summed E-state index contributed by atoms with van der Waals surface area (Å²) in [6.07, 6.45) is 2.15. The molecule has 10 heteroatoms. The highest BCUT2D eigenvalue weighted by Gasteiger charge is 2.32. The molecule has 0 radical (unpaired) electrons. The molecule has 0 spiro atoms. The maximum absolute atomic E-state index is 11.8. The molecule has 46 heavy (non-hydrogen) atoms. The van der Waals surface area contributed by atoms with Crippen molar-refractivity contribution in [3.63, 3.8) is 0 Å². The van der Waals surface area contributed by atoms with Gasteiger partial charge in [-0.25, -0.2) is 4.98 Å². The Morgan fingerprint density at radius 3 is 2.33 bits per heavy atom. The third-order valence-electron chi connectivity index (χ3n) is 8.65. The van der Waals surface area contributed by atoms with Crippen LogP contribution in [0.5, 0.6) is 0 Å². The number of hydrogen-bond donors (Lipinski definition) is 2. The average molecular weight is 661 g/mol. The minimum absolute atomic E-state index is 0.0510. The summed E-state index contributed by atoms with van der Waals surface area (Å²) in [5.41, 5.74) is 7.34. The summed E-state index contributed by atoms with van der Waals surface area (Å²) in [5, 5.41) is 26.0. The van der Waals surface area contributed by atoms with Crippen LogP contribution in [0.2, 0.25) is 5.02 Å². The zero-order chi connectivity index (χ0) is 32.7. The van der Waals surface area contributed by atoms with E-state index in [1.54, 1.807) is 32.1 Å². The van der Waals surface area contributed by atoms with Crippen molar-refractivity contribution in [2.75, 3.05) is 26.3 Å². The number of carboxylic acids is 1. The normalized spacial score (nSPS) is 16.4. The first-order valence-electron chi connectivity index (χ1n) is 15.8. The number of likely N-dealkylation sites (tertiary alicyclic amines) is 1. The number of halogens is 1. The van der Waals surface area contributed by atoms with Crippen molar-refractivity contribution in [3.8, 4) is 21.7 Å². The lowest BCUT2D eigenvalue weighted by Crippen LogP contribution is -2.51. The van der Waals surface area contributed by atoms with Crippen LogP contribution in [0.25, 0.3) is 42.8 Å². The Bertz CT molecular complexity index is 1870. The largest absolute Gasteiger partial charge is 0.481 e. The van der Waals surface area contributed by atoms with E-state index in [-0.39, 0.29) is 6.42 Å². The number of aryl methyl sites for hydroxylation is 2. The molecule has 0 amide bonds. The lowest BCUT2D eigenvalue weighted by atomic mass is 9.90. The number of hydrogen-bond acceptors (Lipinski definition) is 7. The van der Waals surface area contributed by atoms with E-state index in [1.165, 1.54) is 11.1 Å². The van der Waals surface area contributed by atoms with Crippen LogP contribution < -0.4 is 0 Å². The fourth-order valence-electron chi connectivity index (χ4n) is 6.36. The predicted molar refractivity (Wildman–Crippen MR) is 186 cm³/mol. The van der Waals surface area contributed by atoms with Crippen LogP contribution in [0.3, 0.4) is 0 Å². The molecular weight excluding hydrogens is 620 g/mol. The van der Waals surface area contributed by atoms with E-state index in [0.717, 1.165) is 87.7 Å². The van der Waals surface area contributed by atoms with Gasteiger partial charge in [-0.1, -0.05) is 23.7 Å². The Labute approximate surface area is 278 Å². The Morgan fingerprint density at radius 2 is 1.72 bits per heavy atom. The number of benzene rings is 3. The van der Waals surface area contributed by atoms with Crippen LogP contribution in [0.15, 0.2) is 48.5 Å². The number of aromatic nitrogens is 3. The monoisotopic (exact) mass is 660 g/mol. The highest BCUT2D eigenvalue weighted by atomic mass is 35.5. The van der Waals surface area contributed by atoms with Crippen LogP contribution in [-0.4, -0.2) is 73.8 Å². The fraction of sp³-hybridized carbons (Fsp3) is 0.417.